The highest BCUT2D eigenvalue weighted by molar-refractivity contribution is 6.31. The normalized spacial score (nSPS) is 15.1. The van der Waals surface area contributed by atoms with Gasteiger partial charge in [0.25, 0.3) is 0 Å². The van der Waals surface area contributed by atoms with E-state index < -0.39 is 17.8 Å². The molecule has 0 spiro atoms. The number of nitriles is 2. The second kappa shape index (κ2) is 10.2. The summed E-state index contributed by atoms with van der Waals surface area (Å²) in [5, 5.41) is 35.3. The van der Waals surface area contributed by atoms with Crippen molar-refractivity contribution in [3.63, 3.8) is 0 Å². The van der Waals surface area contributed by atoms with Crippen molar-refractivity contribution in [3.05, 3.63) is 76.2 Å². The first-order chi connectivity index (χ1) is 19.4. The molecule has 2 N–H and O–H groups in total. The number of rotatable bonds is 7. The summed E-state index contributed by atoms with van der Waals surface area (Å²) < 4.78 is 42.3. The Balaban J connectivity index is 1.63. The van der Waals surface area contributed by atoms with E-state index in [1.54, 1.807) is 36.4 Å². The third-order valence-electron chi connectivity index (χ3n) is 7.03. The number of anilines is 2. The predicted octanol–water partition coefficient (Wildman–Crippen LogP) is 6.93. The molecule has 1 aliphatic carbocycles. The summed E-state index contributed by atoms with van der Waals surface area (Å²) in [5.74, 6) is 0. The minimum atomic E-state index is -4.47. The van der Waals surface area contributed by atoms with Crippen LogP contribution in [0.4, 0.5) is 24.5 Å². The highest BCUT2D eigenvalue weighted by Gasteiger charge is 2.66. The highest BCUT2D eigenvalue weighted by atomic mass is 35.5. The molecule has 0 amide bonds. The summed E-state index contributed by atoms with van der Waals surface area (Å²) in [4.78, 5) is 4.37. The number of nitrogens with one attached hydrogen (secondary N) is 2. The Morgan fingerprint density at radius 1 is 1.10 bits per heavy atom. The molecule has 2 heterocycles. The number of pyridine rings is 1. The molecule has 1 saturated carbocycles. The molecule has 12 heteroatoms. The number of fused-ring (bicyclic) bond motifs is 1. The fraction of sp³-hybridized carbons (Fsp3) is 0.345. The Kier molecular flexibility index (Phi) is 7.04. The molecule has 0 saturated heterocycles. The van der Waals surface area contributed by atoms with Gasteiger partial charge < -0.3 is 10.6 Å². The Hall–Kier alpha value is -4.35. The van der Waals surface area contributed by atoms with Gasteiger partial charge in [-0.15, -0.1) is 5.10 Å². The van der Waals surface area contributed by atoms with Crippen LogP contribution in [0.2, 0.25) is 5.02 Å². The van der Waals surface area contributed by atoms with Crippen LogP contribution in [0.1, 0.15) is 62.0 Å². The van der Waals surface area contributed by atoms with Crippen LogP contribution in [0.3, 0.4) is 0 Å². The Morgan fingerprint density at radius 3 is 2.41 bits per heavy atom. The van der Waals surface area contributed by atoms with Gasteiger partial charge in [0, 0.05) is 28.8 Å². The lowest BCUT2D eigenvalue weighted by Gasteiger charge is -2.23. The van der Waals surface area contributed by atoms with Gasteiger partial charge in [0.1, 0.15) is 17.8 Å². The molecule has 0 radical (unpaired) electrons. The molecule has 1 fully saturated rings. The van der Waals surface area contributed by atoms with Gasteiger partial charge in [-0.25, -0.2) is 4.68 Å². The molecule has 41 heavy (non-hydrogen) atoms. The molecule has 2 aromatic carbocycles. The van der Waals surface area contributed by atoms with Gasteiger partial charge in [0.15, 0.2) is 5.54 Å². The minimum Gasteiger partial charge on any atom is -0.383 e. The van der Waals surface area contributed by atoms with E-state index in [1.807, 2.05) is 0 Å². The van der Waals surface area contributed by atoms with Crippen molar-refractivity contribution < 1.29 is 13.2 Å². The lowest BCUT2D eigenvalue weighted by Crippen LogP contribution is -2.35. The third-order valence-corrected chi connectivity index (χ3v) is 7.38. The predicted molar refractivity (Wildman–Crippen MR) is 149 cm³/mol. The van der Waals surface area contributed by atoms with Crippen LogP contribution in [0.5, 0.6) is 0 Å². The zero-order valence-corrected chi connectivity index (χ0v) is 23.3. The van der Waals surface area contributed by atoms with Crippen LogP contribution in [-0.4, -0.2) is 32.7 Å². The molecule has 0 aliphatic heterocycles. The van der Waals surface area contributed by atoms with Crippen LogP contribution < -0.4 is 10.6 Å². The maximum atomic E-state index is 13.8. The summed E-state index contributed by atoms with van der Waals surface area (Å²) in [5.41, 5.74) is 0.595. The monoisotopic (exact) mass is 578 g/mol. The van der Waals surface area contributed by atoms with Crippen molar-refractivity contribution in [1.29, 1.82) is 10.5 Å². The van der Waals surface area contributed by atoms with Gasteiger partial charge >= 0.3 is 6.18 Å². The van der Waals surface area contributed by atoms with Gasteiger partial charge in [-0.3, -0.25) is 4.98 Å². The van der Waals surface area contributed by atoms with Crippen molar-refractivity contribution in [2.45, 2.75) is 51.4 Å². The first-order valence-electron chi connectivity index (χ1n) is 12.9. The number of aromatic nitrogens is 4. The molecule has 5 rings (SSSR count). The maximum absolute atomic E-state index is 13.8. The van der Waals surface area contributed by atoms with Gasteiger partial charge in [-0.05, 0) is 42.0 Å². The summed E-state index contributed by atoms with van der Waals surface area (Å²) in [6.07, 6.45) is -1.89. The molecule has 210 valence electrons. The molecular weight excluding hydrogens is 553 g/mol. The number of alkyl halides is 3. The topological polar surface area (TPSA) is 115 Å². The molecule has 0 bridgehead atoms. The van der Waals surface area contributed by atoms with Crippen molar-refractivity contribution in [1.82, 2.24) is 20.0 Å². The zero-order valence-electron chi connectivity index (χ0n) is 22.5. The second-order valence-electron chi connectivity index (χ2n) is 11.3. The van der Waals surface area contributed by atoms with E-state index in [2.05, 4.69) is 58.8 Å². The summed E-state index contributed by atoms with van der Waals surface area (Å²) >= 11 is 6.54. The molecule has 4 aromatic rings. The first-order valence-corrected chi connectivity index (χ1v) is 13.3. The summed E-state index contributed by atoms with van der Waals surface area (Å²) in [6.45, 7) is 6.70. The van der Waals surface area contributed by atoms with Gasteiger partial charge in [0.05, 0.1) is 34.6 Å². The third kappa shape index (κ3) is 5.38. The van der Waals surface area contributed by atoms with Crippen molar-refractivity contribution in [2.24, 2.45) is 5.41 Å². The van der Waals surface area contributed by atoms with Crippen LogP contribution in [-0.2, 0) is 5.54 Å². The maximum Gasteiger partial charge on any atom is 0.413 e. The summed E-state index contributed by atoms with van der Waals surface area (Å²) in [6, 6.07) is 13.8. The fourth-order valence-corrected chi connectivity index (χ4v) is 4.91. The molecule has 2 aromatic heterocycles. The number of halogens is 4. The average molecular weight is 579 g/mol. The van der Waals surface area contributed by atoms with E-state index in [9.17, 15) is 23.7 Å². The Morgan fingerprint density at radius 2 is 1.80 bits per heavy atom. The molecule has 1 aliphatic rings. The zero-order chi connectivity index (χ0) is 29.6. The van der Waals surface area contributed by atoms with Gasteiger partial charge in [-0.1, -0.05) is 55.8 Å². The van der Waals surface area contributed by atoms with E-state index in [0.717, 1.165) is 4.68 Å². The molecule has 1 unspecified atom stereocenters. The van der Waals surface area contributed by atoms with Crippen molar-refractivity contribution in [2.75, 3.05) is 17.2 Å². The number of hydrogen-bond donors (Lipinski definition) is 2. The van der Waals surface area contributed by atoms with E-state index in [4.69, 9.17) is 11.6 Å². The van der Waals surface area contributed by atoms with E-state index in [1.165, 1.54) is 12.4 Å². The fourth-order valence-electron chi connectivity index (χ4n) is 4.67. The number of benzene rings is 2. The van der Waals surface area contributed by atoms with Crippen LogP contribution in [0.25, 0.3) is 10.9 Å². The highest BCUT2D eigenvalue weighted by Crippen LogP contribution is 2.55. The Labute approximate surface area is 239 Å². The molecule has 1 atom stereocenters. The SMILES string of the molecule is CC(C)(C)CNc1c(C#N)cnc2c(C#N)cc(NC(c3cn(C4(C(F)(F)F)CC4)nn3)c3ccccc3Cl)cc12. The summed E-state index contributed by atoms with van der Waals surface area (Å²) in [7, 11) is 0. The minimum absolute atomic E-state index is 0.0712. The van der Waals surface area contributed by atoms with Crippen LogP contribution >= 0.6 is 11.6 Å². The van der Waals surface area contributed by atoms with Crippen molar-refractivity contribution in [3.8, 4) is 12.1 Å². The standard InChI is InChI=1S/C29H26ClF3N8/c1-27(2,3)16-37-25-18(13-35)14-36-24-17(12-34)10-19(11-21(24)25)38-26(20-6-4-5-7-22(20)30)23-15-41(40-39-23)28(8-9-28)29(31,32)33/h4-7,10-11,14-15,26,38H,8-9,16H2,1-3H3,(H,36,37). The Bertz CT molecular complexity index is 1700. The molecule has 8 nitrogen and oxygen atoms in total. The van der Waals surface area contributed by atoms with Crippen LogP contribution in [0, 0.1) is 28.1 Å². The van der Waals surface area contributed by atoms with Crippen LogP contribution in [0.15, 0.2) is 48.8 Å². The number of nitrogens with zero attached hydrogens (tertiary/aromatic N) is 6. The first kappa shape index (κ1) is 28.2. The van der Waals surface area contributed by atoms with E-state index >= 15 is 0 Å². The lowest BCUT2D eigenvalue weighted by atomic mass is 9.96. The molecular formula is C29H26ClF3N8. The smallest absolute Gasteiger partial charge is 0.383 e. The van der Waals surface area contributed by atoms with E-state index in [0.29, 0.717) is 45.0 Å². The van der Waals surface area contributed by atoms with Crippen molar-refractivity contribution >= 4 is 33.9 Å². The number of hydrogen-bond acceptors (Lipinski definition) is 7. The van der Waals surface area contributed by atoms with Gasteiger partial charge in [-0.2, -0.15) is 23.7 Å². The quantitative estimate of drug-likeness (QED) is 0.244. The van der Waals surface area contributed by atoms with E-state index in [-0.39, 0.29) is 29.5 Å². The average Bonchev–Trinajstić information content (AvgIpc) is 3.61. The second-order valence-corrected chi connectivity index (χ2v) is 11.7. The van der Waals surface area contributed by atoms with Gasteiger partial charge in [0.2, 0.25) is 0 Å². The largest absolute Gasteiger partial charge is 0.413 e. The lowest BCUT2D eigenvalue weighted by molar-refractivity contribution is -0.182.